The van der Waals surface area contributed by atoms with E-state index in [0.29, 0.717) is 0 Å². The number of nitrogens with one attached hydrogen (secondary N) is 1. The van der Waals surface area contributed by atoms with Gasteiger partial charge in [-0.2, -0.15) is 0 Å². The molecule has 1 amide bonds. The quantitative estimate of drug-likeness (QED) is 0.718. The Balaban J connectivity index is 2.88. The number of amides is 1. The summed E-state index contributed by atoms with van der Waals surface area (Å²) in [5.74, 6) is 0.685. The number of phenolic OH excluding ortho intramolecular Hbond substituents is 1. The molecule has 78 valence electrons. The lowest BCUT2D eigenvalue weighted by atomic mass is 10.2. The summed E-state index contributed by atoms with van der Waals surface area (Å²) in [4.78, 5) is 11.4. The molecule has 0 aliphatic heterocycles. The normalized spacial score (nSPS) is 11.5. The van der Waals surface area contributed by atoms with E-state index in [2.05, 4.69) is 11.2 Å². The van der Waals surface area contributed by atoms with Crippen molar-refractivity contribution < 1.29 is 14.3 Å². The first-order valence-corrected chi connectivity index (χ1v) is 4.30. The maximum Gasteiger partial charge on any atom is 0.255 e. The first-order valence-electron chi connectivity index (χ1n) is 4.30. The molecule has 0 heterocycles. The first-order chi connectivity index (χ1) is 7.04. The molecule has 1 rings (SSSR count). The van der Waals surface area contributed by atoms with Crippen molar-refractivity contribution in [3.63, 3.8) is 0 Å². The van der Waals surface area contributed by atoms with Crippen LogP contribution in [0.5, 0.6) is 5.75 Å². The Morgan fingerprint density at radius 1 is 1.67 bits per heavy atom. The third kappa shape index (κ3) is 2.71. The molecule has 0 radical (unpaired) electrons. The minimum absolute atomic E-state index is 0.144. The second-order valence-corrected chi connectivity index (χ2v) is 3.03. The van der Waals surface area contributed by atoms with E-state index in [9.17, 15) is 9.18 Å². The Labute approximate surface area is 86.9 Å². The summed E-state index contributed by atoms with van der Waals surface area (Å²) in [6.07, 6.45) is 5.06. The fourth-order valence-electron chi connectivity index (χ4n) is 1.00. The molecule has 15 heavy (non-hydrogen) atoms. The van der Waals surface area contributed by atoms with Crippen LogP contribution in [0.15, 0.2) is 18.2 Å². The summed E-state index contributed by atoms with van der Waals surface area (Å²) in [7, 11) is 0. The van der Waals surface area contributed by atoms with E-state index in [-0.39, 0.29) is 11.3 Å². The third-order valence-corrected chi connectivity index (χ3v) is 1.79. The highest BCUT2D eigenvalue weighted by atomic mass is 19.1. The first kappa shape index (κ1) is 11.1. The molecule has 0 aromatic heterocycles. The molecule has 1 unspecified atom stereocenters. The highest BCUT2D eigenvalue weighted by Gasteiger charge is 2.13. The second-order valence-electron chi connectivity index (χ2n) is 3.03. The van der Waals surface area contributed by atoms with Crippen LogP contribution in [0.3, 0.4) is 0 Å². The van der Waals surface area contributed by atoms with Crippen molar-refractivity contribution >= 4 is 5.91 Å². The summed E-state index contributed by atoms with van der Waals surface area (Å²) in [5, 5.41) is 11.4. The fraction of sp³-hybridized carbons (Fsp3) is 0.182. The summed E-state index contributed by atoms with van der Waals surface area (Å²) < 4.78 is 13.2. The van der Waals surface area contributed by atoms with Crippen molar-refractivity contribution in [1.29, 1.82) is 0 Å². The zero-order valence-corrected chi connectivity index (χ0v) is 8.12. The van der Waals surface area contributed by atoms with E-state index in [1.54, 1.807) is 6.92 Å². The molecule has 0 aliphatic rings. The maximum absolute atomic E-state index is 13.2. The Morgan fingerprint density at radius 3 is 2.87 bits per heavy atom. The van der Waals surface area contributed by atoms with Crippen molar-refractivity contribution in [1.82, 2.24) is 5.32 Å². The topological polar surface area (TPSA) is 49.3 Å². The lowest BCUT2D eigenvalue weighted by Crippen LogP contribution is -2.31. The number of carbonyl (C=O) groups excluding carboxylic acids is 1. The number of terminal acetylenes is 1. The molecule has 0 aliphatic carbocycles. The molecule has 0 spiro atoms. The van der Waals surface area contributed by atoms with Crippen LogP contribution in [-0.2, 0) is 0 Å². The Hall–Kier alpha value is -2.02. The van der Waals surface area contributed by atoms with Crippen molar-refractivity contribution in [3.05, 3.63) is 29.6 Å². The summed E-state index contributed by atoms with van der Waals surface area (Å²) >= 11 is 0. The van der Waals surface area contributed by atoms with Crippen LogP contribution >= 0.6 is 0 Å². The van der Waals surface area contributed by atoms with Gasteiger partial charge in [-0.1, -0.05) is 5.92 Å². The number of aromatic hydroxyl groups is 1. The molecule has 0 saturated heterocycles. The van der Waals surface area contributed by atoms with Gasteiger partial charge in [0, 0.05) is 6.07 Å². The molecule has 0 bridgehead atoms. The molecule has 0 saturated carbocycles. The van der Waals surface area contributed by atoms with Gasteiger partial charge >= 0.3 is 0 Å². The predicted octanol–water partition coefficient (Wildman–Crippen LogP) is 1.28. The summed E-state index contributed by atoms with van der Waals surface area (Å²) in [6, 6.07) is 2.84. The number of carbonyl (C=O) groups is 1. The average molecular weight is 207 g/mol. The van der Waals surface area contributed by atoms with Crippen LogP contribution in [-0.4, -0.2) is 17.1 Å². The van der Waals surface area contributed by atoms with Crippen molar-refractivity contribution in [3.8, 4) is 18.1 Å². The van der Waals surface area contributed by atoms with E-state index in [0.717, 1.165) is 6.07 Å². The molecule has 3 nitrogen and oxygen atoms in total. The van der Waals surface area contributed by atoms with Crippen LogP contribution in [0, 0.1) is 18.2 Å². The zero-order valence-electron chi connectivity index (χ0n) is 8.12. The second kappa shape index (κ2) is 4.47. The molecule has 2 N–H and O–H groups in total. The largest absolute Gasteiger partial charge is 0.508 e. The number of phenols is 1. The molecule has 1 aromatic rings. The standard InChI is InChI=1S/C11H10FNO2/c1-3-7(2)13-11(15)9-5-4-8(14)6-10(9)12/h1,4-7,14H,2H3,(H,13,15). The van der Waals surface area contributed by atoms with Gasteiger partial charge in [0.25, 0.3) is 5.91 Å². The fourth-order valence-corrected chi connectivity index (χ4v) is 1.00. The van der Waals surface area contributed by atoms with Gasteiger partial charge in [0.15, 0.2) is 0 Å². The highest BCUT2D eigenvalue weighted by molar-refractivity contribution is 5.94. The van der Waals surface area contributed by atoms with Crippen LogP contribution < -0.4 is 5.32 Å². The number of benzene rings is 1. The SMILES string of the molecule is C#CC(C)NC(=O)c1ccc(O)cc1F. The molecule has 0 fully saturated rings. The maximum atomic E-state index is 13.2. The predicted molar refractivity (Wildman–Crippen MR) is 53.8 cm³/mol. The van der Waals surface area contributed by atoms with Gasteiger partial charge in [0.05, 0.1) is 11.6 Å². The molecular formula is C11H10FNO2. The number of rotatable bonds is 2. The molecular weight excluding hydrogens is 197 g/mol. The van der Waals surface area contributed by atoms with Gasteiger partial charge in [-0.15, -0.1) is 6.42 Å². The van der Waals surface area contributed by atoms with Gasteiger partial charge < -0.3 is 10.4 Å². The summed E-state index contributed by atoms with van der Waals surface area (Å²) in [6.45, 7) is 1.61. The molecule has 1 atom stereocenters. The van der Waals surface area contributed by atoms with Crippen LogP contribution in [0.4, 0.5) is 4.39 Å². The molecule has 1 aromatic carbocycles. The summed E-state index contributed by atoms with van der Waals surface area (Å²) in [5.41, 5.74) is -0.144. The van der Waals surface area contributed by atoms with Gasteiger partial charge in [0.2, 0.25) is 0 Å². The minimum atomic E-state index is -0.781. The van der Waals surface area contributed by atoms with Crippen LogP contribution in [0.2, 0.25) is 0 Å². The van der Waals surface area contributed by atoms with Gasteiger partial charge in [-0.3, -0.25) is 4.79 Å². The van der Waals surface area contributed by atoms with Crippen molar-refractivity contribution in [2.24, 2.45) is 0 Å². The number of hydrogen-bond donors (Lipinski definition) is 2. The van der Waals surface area contributed by atoms with E-state index in [1.807, 2.05) is 0 Å². The molecule has 4 heteroatoms. The Kier molecular flexibility index (Phi) is 3.29. The van der Waals surface area contributed by atoms with Crippen LogP contribution in [0.25, 0.3) is 0 Å². The lowest BCUT2D eigenvalue weighted by molar-refractivity contribution is 0.0944. The lowest BCUT2D eigenvalue weighted by Gasteiger charge is -2.08. The third-order valence-electron chi connectivity index (χ3n) is 1.79. The monoisotopic (exact) mass is 207 g/mol. The van der Waals surface area contributed by atoms with Gasteiger partial charge in [0.1, 0.15) is 11.6 Å². The van der Waals surface area contributed by atoms with E-state index in [1.165, 1.54) is 12.1 Å². The zero-order chi connectivity index (χ0) is 11.4. The Morgan fingerprint density at radius 2 is 2.33 bits per heavy atom. The van der Waals surface area contributed by atoms with E-state index in [4.69, 9.17) is 11.5 Å². The van der Waals surface area contributed by atoms with E-state index >= 15 is 0 Å². The van der Waals surface area contributed by atoms with Crippen molar-refractivity contribution in [2.45, 2.75) is 13.0 Å². The average Bonchev–Trinajstić information content (AvgIpc) is 2.17. The van der Waals surface area contributed by atoms with Gasteiger partial charge in [-0.05, 0) is 19.1 Å². The van der Waals surface area contributed by atoms with Gasteiger partial charge in [-0.25, -0.2) is 4.39 Å². The number of hydrogen-bond acceptors (Lipinski definition) is 2. The number of halogens is 1. The minimum Gasteiger partial charge on any atom is -0.508 e. The highest BCUT2D eigenvalue weighted by Crippen LogP contribution is 2.14. The van der Waals surface area contributed by atoms with Crippen LogP contribution in [0.1, 0.15) is 17.3 Å². The van der Waals surface area contributed by atoms with Crippen molar-refractivity contribution in [2.75, 3.05) is 0 Å². The Bertz CT molecular complexity index is 423. The smallest absolute Gasteiger partial charge is 0.255 e. The van der Waals surface area contributed by atoms with E-state index < -0.39 is 17.8 Å².